The summed E-state index contributed by atoms with van der Waals surface area (Å²) in [7, 11) is 0. The predicted molar refractivity (Wildman–Crippen MR) is 145 cm³/mol. The molecule has 1 saturated heterocycles. The topological polar surface area (TPSA) is 110 Å². The average Bonchev–Trinajstić information content (AvgIpc) is 2.78. The summed E-state index contributed by atoms with van der Waals surface area (Å²) in [5.41, 5.74) is 8.07. The summed E-state index contributed by atoms with van der Waals surface area (Å²) < 4.78 is 12.2. The largest absolute Gasteiger partial charge is 0.454 e. The second-order valence-electron chi connectivity index (χ2n) is 10.6. The number of halogens is 1. The Kier molecular flexibility index (Phi) is 7.18. The van der Waals surface area contributed by atoms with Gasteiger partial charge in [0.1, 0.15) is 28.9 Å². The van der Waals surface area contributed by atoms with Gasteiger partial charge < -0.3 is 20.5 Å². The van der Waals surface area contributed by atoms with Crippen molar-refractivity contribution in [1.82, 2.24) is 10.3 Å². The van der Waals surface area contributed by atoms with Crippen molar-refractivity contribution in [2.24, 2.45) is 0 Å². The third-order valence-electron chi connectivity index (χ3n) is 6.31. The summed E-state index contributed by atoms with van der Waals surface area (Å²) in [4.78, 5) is 17.3. The summed E-state index contributed by atoms with van der Waals surface area (Å²) in [5.74, 6) is 0.889. The van der Waals surface area contributed by atoms with Crippen molar-refractivity contribution in [3.05, 3.63) is 70.4 Å². The number of hydrogen-bond acceptors (Lipinski definition) is 6. The Hall–Kier alpha value is -3.60. The maximum Gasteiger partial charge on any atom is 0.251 e. The number of carbonyl (C=O) groups excluding carboxylic acids is 1. The van der Waals surface area contributed by atoms with Crippen LogP contribution in [-0.4, -0.2) is 28.1 Å². The molecule has 192 valence electrons. The number of carbonyl (C=O) groups is 1. The highest BCUT2D eigenvalue weighted by molar-refractivity contribution is 6.32. The lowest BCUT2D eigenvalue weighted by molar-refractivity contribution is -0.162. The molecular formula is C29H31ClN4O3. The first-order valence-electron chi connectivity index (χ1n) is 12.1. The molecule has 0 radical (unpaired) electrons. The van der Waals surface area contributed by atoms with Crippen molar-refractivity contribution >= 4 is 23.3 Å². The van der Waals surface area contributed by atoms with Crippen molar-refractivity contribution in [2.45, 2.75) is 64.7 Å². The molecule has 3 N–H and O–H groups in total. The summed E-state index contributed by atoms with van der Waals surface area (Å²) in [5, 5.41) is 13.3. The SMILES string of the molecule is Cc1nc(N)ccc1-c1cccc(Oc2ccc(C(=O)NC3CC(C)(C)OC(C)(C)C3)cc2Cl)c1C#N. The zero-order valence-corrected chi connectivity index (χ0v) is 22.4. The van der Waals surface area contributed by atoms with E-state index in [1.165, 1.54) is 0 Å². The third-order valence-corrected chi connectivity index (χ3v) is 6.61. The fraction of sp³-hybridized carbons (Fsp3) is 0.345. The summed E-state index contributed by atoms with van der Waals surface area (Å²) in [6, 6.07) is 15.9. The lowest BCUT2D eigenvalue weighted by Gasteiger charge is -2.45. The minimum atomic E-state index is -0.330. The molecule has 0 atom stereocenters. The van der Waals surface area contributed by atoms with Crippen molar-refractivity contribution in [3.63, 3.8) is 0 Å². The number of anilines is 1. The van der Waals surface area contributed by atoms with Crippen LogP contribution in [0.2, 0.25) is 5.02 Å². The van der Waals surface area contributed by atoms with E-state index in [1.54, 1.807) is 36.4 Å². The molecule has 1 amide bonds. The molecule has 2 aromatic carbocycles. The number of pyridine rings is 1. The minimum absolute atomic E-state index is 0.0202. The summed E-state index contributed by atoms with van der Waals surface area (Å²) >= 11 is 6.52. The van der Waals surface area contributed by atoms with Gasteiger partial charge in [0.05, 0.1) is 16.2 Å². The highest BCUT2D eigenvalue weighted by Crippen LogP contribution is 2.37. The van der Waals surface area contributed by atoms with Gasteiger partial charge in [0.2, 0.25) is 0 Å². The molecule has 1 aliphatic rings. The zero-order valence-electron chi connectivity index (χ0n) is 21.7. The van der Waals surface area contributed by atoms with E-state index in [0.717, 1.165) is 5.56 Å². The number of nitrogens with one attached hydrogen (secondary N) is 1. The molecule has 1 aromatic heterocycles. The number of ether oxygens (including phenoxy) is 2. The quantitative estimate of drug-likeness (QED) is 0.403. The van der Waals surface area contributed by atoms with Crippen molar-refractivity contribution in [1.29, 1.82) is 5.26 Å². The standard InChI is InChI=1S/C29H31ClN4O3/c1-17-20(10-12-26(32)33-17)21-7-6-8-24(22(21)16-31)36-25-11-9-18(13-23(25)30)27(35)34-19-14-28(2,3)37-29(4,5)15-19/h6-13,19H,14-15H2,1-5H3,(H2,32,33)(H,34,35). The maximum atomic E-state index is 13.0. The van der Waals surface area contributed by atoms with Gasteiger partial charge in [0.25, 0.3) is 5.91 Å². The fourth-order valence-corrected chi connectivity index (χ4v) is 5.34. The molecular weight excluding hydrogens is 488 g/mol. The van der Waals surface area contributed by atoms with E-state index in [0.29, 0.717) is 52.5 Å². The number of hydrogen-bond donors (Lipinski definition) is 2. The highest BCUT2D eigenvalue weighted by Gasteiger charge is 2.39. The van der Waals surface area contributed by atoms with Crippen LogP contribution in [0.3, 0.4) is 0 Å². The molecule has 7 nitrogen and oxygen atoms in total. The van der Waals surface area contributed by atoms with Gasteiger partial charge in [-0.2, -0.15) is 5.26 Å². The molecule has 0 saturated carbocycles. The number of aryl methyl sites for hydroxylation is 1. The molecule has 8 heteroatoms. The van der Waals surface area contributed by atoms with Gasteiger partial charge in [-0.1, -0.05) is 23.7 Å². The van der Waals surface area contributed by atoms with Crippen molar-refractivity contribution < 1.29 is 14.3 Å². The molecule has 0 spiro atoms. The summed E-state index contributed by atoms with van der Waals surface area (Å²) in [6.45, 7) is 9.97. The molecule has 1 fully saturated rings. The highest BCUT2D eigenvalue weighted by atomic mass is 35.5. The number of nitrogens with zero attached hydrogens (tertiary/aromatic N) is 2. The predicted octanol–water partition coefficient (Wildman–Crippen LogP) is 6.42. The van der Waals surface area contributed by atoms with Crippen LogP contribution in [-0.2, 0) is 4.74 Å². The normalized spacial score (nSPS) is 16.6. The lowest BCUT2D eigenvalue weighted by atomic mass is 9.85. The Morgan fingerprint density at radius 2 is 1.81 bits per heavy atom. The first kappa shape index (κ1) is 26.5. The second kappa shape index (κ2) is 10.0. The van der Waals surface area contributed by atoms with Crippen LogP contribution in [0.4, 0.5) is 5.82 Å². The summed E-state index contributed by atoms with van der Waals surface area (Å²) in [6.07, 6.45) is 1.43. The molecule has 1 aliphatic heterocycles. The maximum absolute atomic E-state index is 13.0. The average molecular weight is 519 g/mol. The molecule has 3 aromatic rings. The van der Waals surface area contributed by atoms with Gasteiger partial charge in [-0.25, -0.2) is 4.98 Å². The first-order valence-corrected chi connectivity index (χ1v) is 12.5. The molecule has 0 unspecified atom stereocenters. The van der Waals surface area contributed by atoms with Crippen LogP contribution in [0.25, 0.3) is 11.1 Å². The number of nitrogens with two attached hydrogens (primary N) is 1. The van der Waals surface area contributed by atoms with Gasteiger partial charge in [-0.15, -0.1) is 0 Å². The lowest BCUT2D eigenvalue weighted by Crippen LogP contribution is -2.52. The van der Waals surface area contributed by atoms with Crippen molar-refractivity contribution in [2.75, 3.05) is 5.73 Å². The van der Waals surface area contributed by atoms with E-state index in [-0.39, 0.29) is 28.2 Å². The van der Waals surface area contributed by atoms with E-state index < -0.39 is 0 Å². The minimum Gasteiger partial charge on any atom is -0.454 e. The van der Waals surface area contributed by atoms with Crippen LogP contribution < -0.4 is 15.8 Å². The number of benzene rings is 2. The molecule has 0 aliphatic carbocycles. The zero-order chi connectivity index (χ0) is 27.0. The number of aromatic nitrogens is 1. The number of nitriles is 1. The third kappa shape index (κ3) is 6.04. The fourth-order valence-electron chi connectivity index (χ4n) is 5.13. The van der Waals surface area contributed by atoms with Gasteiger partial charge in [0.15, 0.2) is 0 Å². The van der Waals surface area contributed by atoms with Crippen LogP contribution in [0.15, 0.2) is 48.5 Å². The molecule has 37 heavy (non-hydrogen) atoms. The molecule has 4 rings (SSSR count). The van der Waals surface area contributed by atoms with Gasteiger partial charge in [0, 0.05) is 28.4 Å². The van der Waals surface area contributed by atoms with Gasteiger partial charge in [-0.05, 0) is 83.9 Å². The first-order chi connectivity index (χ1) is 17.4. The Morgan fingerprint density at radius 3 is 2.43 bits per heavy atom. The van der Waals surface area contributed by atoms with Gasteiger partial charge in [-0.3, -0.25) is 4.79 Å². The Labute approximate surface area is 222 Å². The van der Waals surface area contributed by atoms with E-state index >= 15 is 0 Å². The molecule has 0 bridgehead atoms. The number of rotatable bonds is 5. The monoisotopic (exact) mass is 518 g/mol. The number of nitrogen functional groups attached to an aromatic ring is 1. The Morgan fingerprint density at radius 1 is 1.11 bits per heavy atom. The van der Waals surface area contributed by atoms with E-state index in [1.807, 2.05) is 46.8 Å². The number of amides is 1. The molecule has 2 heterocycles. The van der Waals surface area contributed by atoms with Gasteiger partial charge >= 0.3 is 0 Å². The second-order valence-corrected chi connectivity index (χ2v) is 11.0. The smallest absolute Gasteiger partial charge is 0.251 e. The van der Waals surface area contributed by atoms with E-state index in [9.17, 15) is 10.1 Å². The van der Waals surface area contributed by atoms with E-state index in [2.05, 4.69) is 16.4 Å². The Balaban J connectivity index is 1.55. The van der Waals surface area contributed by atoms with Crippen LogP contribution in [0.1, 0.15) is 62.2 Å². The van der Waals surface area contributed by atoms with Crippen LogP contribution in [0.5, 0.6) is 11.5 Å². The Bertz CT molecular complexity index is 1380. The van der Waals surface area contributed by atoms with E-state index in [4.69, 9.17) is 26.8 Å². The van der Waals surface area contributed by atoms with Crippen LogP contribution in [0, 0.1) is 18.3 Å². The van der Waals surface area contributed by atoms with Crippen LogP contribution >= 0.6 is 11.6 Å². The van der Waals surface area contributed by atoms with Crippen molar-refractivity contribution in [3.8, 4) is 28.7 Å².